The predicted octanol–water partition coefficient (Wildman–Crippen LogP) is 29.6. The molecule has 8 aromatic heterocycles. The van der Waals surface area contributed by atoms with E-state index in [4.69, 9.17) is 38.7 Å². The summed E-state index contributed by atoms with van der Waals surface area (Å²) in [6.45, 7) is 0. The third-order valence-electron chi connectivity index (χ3n) is 23.9. The number of fused-ring (bicyclic) bond motifs is 25. The number of para-hydroxylation sites is 2. The maximum atomic E-state index is 6.91. The second-order valence-corrected chi connectivity index (χ2v) is 30.6. The van der Waals surface area contributed by atoms with Crippen molar-refractivity contribution < 1.29 is 8.83 Å². The van der Waals surface area contributed by atoms with Crippen molar-refractivity contribution >= 4 is 163 Å². The second-order valence-electron chi connectivity index (χ2n) is 30.6. The largest absolute Gasteiger partial charge is 0.455 e. The predicted molar refractivity (Wildman–Crippen MR) is 490 cm³/mol. The molecule has 0 amide bonds. The van der Waals surface area contributed by atoms with Crippen LogP contribution < -0.4 is 0 Å². The highest BCUT2D eigenvalue weighted by molar-refractivity contribution is 6.31. The van der Waals surface area contributed by atoms with Crippen LogP contribution in [0.4, 0.5) is 0 Å². The first kappa shape index (κ1) is 66.7. The molecule has 0 aliphatic rings. The Kier molecular flexibility index (Phi) is 15.2. The summed E-state index contributed by atoms with van der Waals surface area (Å²) in [6, 6.07) is 137. The van der Waals surface area contributed by atoms with Crippen molar-refractivity contribution in [2.75, 3.05) is 0 Å². The Morgan fingerprint density at radius 2 is 0.525 bits per heavy atom. The van der Waals surface area contributed by atoms with Crippen molar-refractivity contribution in [3.63, 3.8) is 0 Å². The first-order valence-electron chi connectivity index (χ1n) is 39.9. The normalized spacial score (nSPS) is 11.9. The number of hydrogen-bond acceptors (Lipinski definition) is 8. The van der Waals surface area contributed by atoms with Gasteiger partial charge in [0.15, 0.2) is 0 Å². The van der Waals surface area contributed by atoms with Crippen molar-refractivity contribution in [2.45, 2.75) is 0 Å². The van der Waals surface area contributed by atoms with Gasteiger partial charge in [0.25, 0.3) is 0 Å². The maximum Gasteiger partial charge on any atom is 0.147 e. The molecule has 25 aromatic rings. The smallest absolute Gasteiger partial charge is 0.147 e. The van der Waals surface area contributed by atoms with Gasteiger partial charge in [0.1, 0.15) is 22.3 Å². The van der Waals surface area contributed by atoms with Crippen LogP contribution in [-0.4, -0.2) is 29.9 Å². The van der Waals surface area contributed by atoms with E-state index in [1.807, 2.05) is 54.6 Å². The Bertz CT molecular complexity index is 8450. The van der Waals surface area contributed by atoms with E-state index in [-0.39, 0.29) is 0 Å². The van der Waals surface area contributed by atoms with Crippen LogP contribution in [0.25, 0.3) is 253 Å². The molecule has 546 valence electrons. The zero-order valence-electron chi connectivity index (χ0n) is 63.5. The summed E-state index contributed by atoms with van der Waals surface area (Å²) in [6.07, 6.45) is 0. The number of furan rings is 2. The van der Waals surface area contributed by atoms with Gasteiger partial charge in [-0.3, -0.25) is 0 Å². The van der Waals surface area contributed by atoms with Crippen LogP contribution in [0.2, 0.25) is 0 Å². The molecule has 8 nitrogen and oxygen atoms in total. The third-order valence-corrected chi connectivity index (χ3v) is 23.9. The number of rotatable bonds is 8. The Morgan fingerprint density at radius 1 is 0.169 bits per heavy atom. The Morgan fingerprint density at radius 3 is 1.04 bits per heavy atom. The van der Waals surface area contributed by atoms with E-state index in [0.717, 1.165) is 194 Å². The highest BCUT2D eigenvalue weighted by atomic mass is 16.3. The molecule has 0 spiro atoms. The number of benzene rings is 17. The fourth-order valence-electron chi connectivity index (χ4n) is 18.2. The average Bonchev–Trinajstić information content (AvgIpc) is 1.52. The van der Waals surface area contributed by atoms with E-state index < -0.39 is 0 Å². The van der Waals surface area contributed by atoms with Gasteiger partial charge in [0.05, 0.1) is 83.4 Å². The lowest BCUT2D eigenvalue weighted by atomic mass is 9.88. The van der Waals surface area contributed by atoms with Gasteiger partial charge in [0, 0.05) is 71.1 Å². The second kappa shape index (κ2) is 26.9. The van der Waals surface area contributed by atoms with Crippen molar-refractivity contribution in [2.24, 2.45) is 0 Å². The molecular formula is C110H64N6O2. The summed E-state index contributed by atoms with van der Waals surface area (Å²) in [5.74, 6) is 0. The van der Waals surface area contributed by atoms with E-state index in [2.05, 4.69) is 334 Å². The minimum atomic E-state index is 0.838. The molecular weight excluding hydrogens is 1440 g/mol. The number of aromatic nitrogens is 6. The van der Waals surface area contributed by atoms with Gasteiger partial charge in [-0.05, 0) is 137 Å². The number of hydrogen-bond donors (Lipinski definition) is 0. The van der Waals surface area contributed by atoms with Gasteiger partial charge in [-0.1, -0.05) is 328 Å². The van der Waals surface area contributed by atoms with E-state index in [1.165, 1.54) is 59.4 Å². The van der Waals surface area contributed by atoms with Gasteiger partial charge < -0.3 is 8.83 Å². The quantitative estimate of drug-likeness (QED) is 0.139. The molecule has 0 aliphatic heterocycles. The summed E-state index contributed by atoms with van der Waals surface area (Å²) < 4.78 is 13.6. The Hall–Kier alpha value is -15.9. The van der Waals surface area contributed by atoms with Gasteiger partial charge in [-0.15, -0.1) is 0 Å². The van der Waals surface area contributed by atoms with Crippen molar-refractivity contribution in [3.05, 3.63) is 388 Å². The molecule has 0 saturated heterocycles. The molecule has 17 aromatic carbocycles. The van der Waals surface area contributed by atoms with Crippen LogP contribution in [0.3, 0.4) is 0 Å². The highest BCUT2D eigenvalue weighted by Crippen LogP contribution is 2.49. The van der Waals surface area contributed by atoms with E-state index >= 15 is 0 Å². The molecule has 0 saturated carbocycles. The third kappa shape index (κ3) is 10.8. The molecule has 25 rings (SSSR count). The Labute approximate surface area is 675 Å². The molecule has 8 heterocycles. The van der Waals surface area contributed by atoms with Crippen LogP contribution in [0.15, 0.2) is 397 Å². The number of pyridine rings is 6. The Balaban J connectivity index is 0.000000135. The summed E-state index contributed by atoms with van der Waals surface area (Å²) >= 11 is 0. The monoisotopic (exact) mass is 1500 g/mol. The average molecular weight is 1500 g/mol. The molecule has 0 aliphatic carbocycles. The minimum absolute atomic E-state index is 0.838. The van der Waals surface area contributed by atoms with Crippen molar-refractivity contribution in [1.82, 2.24) is 29.9 Å². The molecule has 0 radical (unpaired) electrons. The fourth-order valence-corrected chi connectivity index (χ4v) is 18.2. The summed E-state index contributed by atoms with van der Waals surface area (Å²) in [5.41, 5.74) is 25.0. The SMILES string of the molecule is c1ccc(-c2ccc3ccc4ccc(-c5ccc(-c6nc7ccc(-c8cc9ccccc9c9ccccc89)cc7c7oc8ccccc8c67)cc5)nc4c3n2)cc1.c1ccc(-c2ccc3ccc4ccc(-c5ccc(-c6nc7cccc(-c8cccc9c%10ccccc%10c%10ccccc%10c89)c7c7oc8ccccc8c67)cc5)nc4c3n2)cc1. The summed E-state index contributed by atoms with van der Waals surface area (Å²) in [5, 5.41) is 22.8. The van der Waals surface area contributed by atoms with Crippen LogP contribution in [0.5, 0.6) is 0 Å². The first-order chi connectivity index (χ1) is 58.5. The lowest BCUT2D eigenvalue weighted by Crippen LogP contribution is -1.93. The van der Waals surface area contributed by atoms with Gasteiger partial charge >= 0.3 is 0 Å². The van der Waals surface area contributed by atoms with Crippen LogP contribution in [0.1, 0.15) is 0 Å². The molecule has 0 fully saturated rings. The molecule has 0 unspecified atom stereocenters. The molecule has 0 bridgehead atoms. The zero-order valence-corrected chi connectivity index (χ0v) is 63.5. The standard InChI is InChI=1S/C57H33N3O.C53H31N3O/c1-2-12-34(13-3-1)47-32-30-37-28-29-38-31-33-48(59-56(38)55(37)58-47)35-24-26-36(27-25-35)54-53-46-18-8-9-23-50(46)61-57(53)52-45(21-11-22-49(52)60-54)44-20-10-19-43-41-15-5-4-14-39(41)40-16-6-7-17-42(40)51(43)44;1-2-10-32(11-3-1)45-27-24-35-22-23-36-25-28-46(55-52(36)51(35)54-45)33-18-20-34(21-19-33)50-49-42-16-8-9-17-48(42)57-53(49)44-31-38(26-29-47(44)56-50)43-30-37-12-4-5-13-39(37)40-14-6-7-15-41(40)43/h1-33H;1-31H. The van der Waals surface area contributed by atoms with Gasteiger partial charge in [0.2, 0.25) is 0 Å². The van der Waals surface area contributed by atoms with E-state index in [0.29, 0.717) is 0 Å². The van der Waals surface area contributed by atoms with E-state index in [1.54, 1.807) is 0 Å². The first-order valence-corrected chi connectivity index (χ1v) is 39.9. The zero-order chi connectivity index (χ0) is 77.5. The maximum absolute atomic E-state index is 6.91. The lowest BCUT2D eigenvalue weighted by molar-refractivity contribution is 0.672. The van der Waals surface area contributed by atoms with Crippen molar-refractivity contribution in [3.8, 4) is 89.8 Å². The lowest BCUT2D eigenvalue weighted by Gasteiger charge is -2.16. The minimum Gasteiger partial charge on any atom is -0.455 e. The van der Waals surface area contributed by atoms with Crippen LogP contribution in [-0.2, 0) is 0 Å². The number of nitrogens with zero attached hydrogens (tertiary/aromatic N) is 6. The molecule has 0 N–H and O–H groups in total. The molecule has 0 atom stereocenters. The van der Waals surface area contributed by atoms with Crippen molar-refractivity contribution in [1.29, 1.82) is 0 Å². The van der Waals surface area contributed by atoms with Crippen LogP contribution >= 0.6 is 0 Å². The molecule has 118 heavy (non-hydrogen) atoms. The highest BCUT2D eigenvalue weighted by Gasteiger charge is 2.25. The fraction of sp³-hybridized carbons (Fsp3) is 0. The van der Waals surface area contributed by atoms with E-state index in [9.17, 15) is 0 Å². The molecule has 8 heteroatoms. The summed E-state index contributed by atoms with van der Waals surface area (Å²) in [4.78, 5) is 31.5. The van der Waals surface area contributed by atoms with Gasteiger partial charge in [-0.2, -0.15) is 0 Å². The summed E-state index contributed by atoms with van der Waals surface area (Å²) in [7, 11) is 0. The topological polar surface area (TPSA) is 104 Å². The van der Waals surface area contributed by atoms with Crippen LogP contribution in [0, 0.1) is 0 Å². The van der Waals surface area contributed by atoms with Gasteiger partial charge in [-0.25, -0.2) is 29.9 Å².